The monoisotopic (exact) mass is 378 g/mol. The zero-order valence-corrected chi connectivity index (χ0v) is 14.4. The molecular weight excluding hydrogens is 361 g/mol. The fourth-order valence-electron chi connectivity index (χ4n) is 3.36. The topological polar surface area (TPSA) is 79.4 Å². The van der Waals surface area contributed by atoms with Gasteiger partial charge in [-0.25, -0.2) is 19.9 Å². The molecule has 0 bridgehead atoms. The van der Waals surface area contributed by atoms with Gasteiger partial charge in [-0.3, -0.25) is 4.40 Å². The lowest BCUT2D eigenvalue weighted by atomic mass is 9.98. The summed E-state index contributed by atoms with van der Waals surface area (Å²) in [5.41, 5.74) is -0.405. The van der Waals surface area contributed by atoms with Crippen molar-refractivity contribution in [2.24, 2.45) is 5.92 Å². The van der Waals surface area contributed by atoms with E-state index in [2.05, 4.69) is 19.9 Å². The average Bonchev–Trinajstić information content (AvgIpc) is 3.03. The molecule has 142 valence electrons. The summed E-state index contributed by atoms with van der Waals surface area (Å²) < 4.78 is 40.2. The van der Waals surface area contributed by atoms with Gasteiger partial charge in [0.15, 0.2) is 17.2 Å². The minimum absolute atomic E-state index is 0.257. The summed E-state index contributed by atoms with van der Waals surface area (Å²) in [4.78, 5) is 18.1. The number of β-amino-alcohol motifs (C(OH)–C–C–N with tert-alkyl or cyclic N) is 1. The Morgan fingerprint density at radius 2 is 1.96 bits per heavy atom. The van der Waals surface area contributed by atoms with Crippen molar-refractivity contribution in [3.63, 3.8) is 0 Å². The molecule has 1 N–H and O–H groups in total. The molecular formula is C17H17F3N6O. The van der Waals surface area contributed by atoms with E-state index in [1.54, 1.807) is 12.3 Å². The van der Waals surface area contributed by atoms with E-state index in [1.807, 2.05) is 11.8 Å². The summed E-state index contributed by atoms with van der Waals surface area (Å²) in [6.07, 6.45) is 0.661. The van der Waals surface area contributed by atoms with Crippen molar-refractivity contribution in [3.05, 3.63) is 36.5 Å². The van der Waals surface area contributed by atoms with E-state index in [4.69, 9.17) is 0 Å². The number of aliphatic hydroxyl groups is 1. The number of alkyl halides is 3. The number of hydrogen-bond acceptors (Lipinski definition) is 6. The first kappa shape index (κ1) is 17.7. The molecule has 1 saturated heterocycles. The number of imidazole rings is 1. The third kappa shape index (κ3) is 3.44. The number of fused-ring (bicyclic) bond motifs is 1. The van der Waals surface area contributed by atoms with Gasteiger partial charge in [-0.2, -0.15) is 13.2 Å². The molecule has 3 aromatic heterocycles. The number of aliphatic hydroxyl groups excluding tert-OH is 1. The maximum Gasteiger partial charge on any atom is 0.434 e. The zero-order chi connectivity index (χ0) is 19.2. The highest BCUT2D eigenvalue weighted by Crippen LogP contribution is 2.29. The van der Waals surface area contributed by atoms with Crippen LogP contribution in [0.3, 0.4) is 0 Å². The lowest BCUT2D eigenvalue weighted by Crippen LogP contribution is -2.42. The lowest BCUT2D eigenvalue weighted by molar-refractivity contribution is -0.141. The molecule has 10 heteroatoms. The standard InChI is InChI=1S/C17H17F3N6O/c1-10-4-11(27)8-25(7-10)14-2-3-21-16(24-14)12-5-23-15-6-22-13(9-26(12)15)17(18,19)20/h2-3,5-6,9-11,27H,4,7-8H2,1H3/t10-,11-/m1/s1. The number of nitrogens with zero attached hydrogens (tertiary/aromatic N) is 6. The normalized spacial score (nSPS) is 21.0. The molecule has 0 spiro atoms. The van der Waals surface area contributed by atoms with Crippen LogP contribution in [0.1, 0.15) is 19.0 Å². The highest BCUT2D eigenvalue weighted by atomic mass is 19.4. The van der Waals surface area contributed by atoms with E-state index in [0.717, 1.165) is 25.4 Å². The number of anilines is 1. The average molecular weight is 378 g/mol. The highest BCUT2D eigenvalue weighted by molar-refractivity contribution is 5.58. The van der Waals surface area contributed by atoms with E-state index in [1.165, 1.54) is 10.6 Å². The van der Waals surface area contributed by atoms with Crippen molar-refractivity contribution >= 4 is 11.5 Å². The molecule has 0 amide bonds. The Labute approximate surface area is 152 Å². The Bertz CT molecular complexity index is 963. The molecule has 2 atom stereocenters. The summed E-state index contributed by atoms with van der Waals surface area (Å²) in [6.45, 7) is 3.24. The van der Waals surface area contributed by atoms with Gasteiger partial charge in [0.1, 0.15) is 11.5 Å². The SMILES string of the molecule is C[C@@H]1C[C@@H](O)CN(c2ccnc(-c3cnc4cnc(C(F)(F)F)cn34)n2)C1. The van der Waals surface area contributed by atoms with Crippen LogP contribution in [-0.2, 0) is 6.18 Å². The molecule has 0 aliphatic carbocycles. The van der Waals surface area contributed by atoms with Crippen molar-refractivity contribution in [1.29, 1.82) is 0 Å². The minimum Gasteiger partial charge on any atom is -0.391 e. The van der Waals surface area contributed by atoms with Crippen molar-refractivity contribution in [2.75, 3.05) is 18.0 Å². The molecule has 4 rings (SSSR count). The molecule has 0 aromatic carbocycles. The largest absolute Gasteiger partial charge is 0.434 e. The van der Waals surface area contributed by atoms with Crippen LogP contribution in [0.25, 0.3) is 17.2 Å². The van der Waals surface area contributed by atoms with Gasteiger partial charge in [-0.05, 0) is 18.4 Å². The summed E-state index contributed by atoms with van der Waals surface area (Å²) in [6, 6.07) is 1.72. The van der Waals surface area contributed by atoms with Crippen molar-refractivity contribution in [2.45, 2.75) is 25.6 Å². The smallest absolute Gasteiger partial charge is 0.391 e. The number of halogens is 3. The molecule has 1 fully saturated rings. The number of rotatable bonds is 2. The molecule has 0 unspecified atom stereocenters. The van der Waals surface area contributed by atoms with Gasteiger partial charge in [0.05, 0.1) is 18.5 Å². The Morgan fingerprint density at radius 3 is 2.70 bits per heavy atom. The number of piperidine rings is 1. The van der Waals surface area contributed by atoms with Crippen LogP contribution in [-0.4, -0.2) is 48.6 Å². The molecule has 0 saturated carbocycles. The van der Waals surface area contributed by atoms with E-state index in [-0.39, 0.29) is 11.5 Å². The first-order valence-electron chi connectivity index (χ1n) is 8.48. The maximum absolute atomic E-state index is 13.0. The predicted octanol–water partition coefficient (Wildman–Crippen LogP) is 2.41. The van der Waals surface area contributed by atoms with Crippen LogP contribution in [0.15, 0.2) is 30.9 Å². The molecule has 27 heavy (non-hydrogen) atoms. The van der Waals surface area contributed by atoms with Gasteiger partial charge < -0.3 is 10.0 Å². The van der Waals surface area contributed by atoms with E-state index in [0.29, 0.717) is 24.0 Å². The quantitative estimate of drug-likeness (QED) is 0.738. The fourth-order valence-corrected chi connectivity index (χ4v) is 3.36. The number of aromatic nitrogens is 5. The Hall–Kier alpha value is -2.75. The molecule has 1 aliphatic rings. The third-order valence-electron chi connectivity index (χ3n) is 4.52. The van der Waals surface area contributed by atoms with Gasteiger partial charge in [-0.15, -0.1) is 0 Å². The van der Waals surface area contributed by atoms with Gasteiger partial charge in [0, 0.05) is 25.5 Å². The van der Waals surface area contributed by atoms with Gasteiger partial charge in [-0.1, -0.05) is 6.92 Å². The summed E-state index contributed by atoms with van der Waals surface area (Å²) in [7, 11) is 0. The second-order valence-corrected chi connectivity index (χ2v) is 6.78. The first-order chi connectivity index (χ1) is 12.8. The minimum atomic E-state index is -4.56. The van der Waals surface area contributed by atoms with Crippen LogP contribution in [0.2, 0.25) is 0 Å². The molecule has 4 heterocycles. The van der Waals surface area contributed by atoms with Crippen LogP contribution >= 0.6 is 0 Å². The van der Waals surface area contributed by atoms with Crippen LogP contribution < -0.4 is 4.90 Å². The molecule has 1 aliphatic heterocycles. The van der Waals surface area contributed by atoms with E-state index < -0.39 is 18.0 Å². The van der Waals surface area contributed by atoms with Gasteiger partial charge in [0.2, 0.25) is 0 Å². The third-order valence-corrected chi connectivity index (χ3v) is 4.52. The van der Waals surface area contributed by atoms with Crippen LogP contribution in [0.4, 0.5) is 19.0 Å². The van der Waals surface area contributed by atoms with E-state index in [9.17, 15) is 18.3 Å². The zero-order valence-electron chi connectivity index (χ0n) is 14.4. The van der Waals surface area contributed by atoms with Gasteiger partial charge in [0.25, 0.3) is 0 Å². The molecule has 0 radical (unpaired) electrons. The maximum atomic E-state index is 13.0. The molecule has 7 nitrogen and oxygen atoms in total. The Morgan fingerprint density at radius 1 is 1.15 bits per heavy atom. The summed E-state index contributed by atoms with van der Waals surface area (Å²) >= 11 is 0. The first-order valence-corrected chi connectivity index (χ1v) is 8.48. The predicted molar refractivity (Wildman–Crippen MR) is 91.0 cm³/mol. The van der Waals surface area contributed by atoms with E-state index >= 15 is 0 Å². The highest BCUT2D eigenvalue weighted by Gasteiger charge is 2.33. The molecule has 3 aromatic rings. The van der Waals surface area contributed by atoms with Crippen molar-refractivity contribution < 1.29 is 18.3 Å². The lowest BCUT2D eigenvalue weighted by Gasteiger charge is -2.34. The Balaban J connectivity index is 1.74. The van der Waals surface area contributed by atoms with Gasteiger partial charge >= 0.3 is 6.18 Å². The Kier molecular flexibility index (Phi) is 4.22. The van der Waals surface area contributed by atoms with Crippen molar-refractivity contribution in [1.82, 2.24) is 24.3 Å². The van der Waals surface area contributed by atoms with Crippen LogP contribution in [0, 0.1) is 5.92 Å². The number of hydrogen-bond donors (Lipinski definition) is 1. The van der Waals surface area contributed by atoms with Crippen molar-refractivity contribution in [3.8, 4) is 11.5 Å². The second-order valence-electron chi connectivity index (χ2n) is 6.78. The fraction of sp³-hybridized carbons (Fsp3) is 0.412. The van der Waals surface area contributed by atoms with Crippen LogP contribution in [0.5, 0.6) is 0 Å². The second kappa shape index (κ2) is 6.45. The summed E-state index contributed by atoms with van der Waals surface area (Å²) in [5.74, 6) is 1.18. The summed E-state index contributed by atoms with van der Waals surface area (Å²) in [5, 5.41) is 10.0.